The Morgan fingerprint density at radius 1 is 1.33 bits per heavy atom. The van der Waals surface area contributed by atoms with E-state index >= 15 is 0 Å². The first kappa shape index (κ1) is 16.1. The first-order valence-corrected chi connectivity index (χ1v) is 7.82. The number of nitrogens with zero attached hydrogens (tertiary/aromatic N) is 1. The lowest BCUT2D eigenvalue weighted by atomic mass is 10.1. The number of fused-ring (bicyclic) bond motifs is 1. The van der Waals surface area contributed by atoms with Gasteiger partial charge in [0.1, 0.15) is 5.75 Å². The number of rotatable bonds is 5. The SMILES string of the molecule is CN(C/C=C/c1cccs1)Cc1ccc2c(c1)CCO2.Cl. The van der Waals surface area contributed by atoms with Gasteiger partial charge < -0.3 is 4.74 Å². The van der Waals surface area contributed by atoms with Crippen LogP contribution in [-0.2, 0) is 13.0 Å². The highest BCUT2D eigenvalue weighted by molar-refractivity contribution is 7.10. The van der Waals surface area contributed by atoms with Crippen LogP contribution in [0.4, 0.5) is 0 Å². The first-order valence-electron chi connectivity index (χ1n) is 6.94. The largest absolute Gasteiger partial charge is 0.493 e. The average molecular weight is 322 g/mol. The van der Waals surface area contributed by atoms with Crippen LogP contribution in [0.1, 0.15) is 16.0 Å². The van der Waals surface area contributed by atoms with Crippen LogP contribution in [-0.4, -0.2) is 25.1 Å². The van der Waals surface area contributed by atoms with Crippen molar-refractivity contribution in [1.29, 1.82) is 0 Å². The minimum absolute atomic E-state index is 0. The Balaban J connectivity index is 0.00000161. The Hall–Kier alpha value is -1.29. The molecule has 21 heavy (non-hydrogen) atoms. The van der Waals surface area contributed by atoms with Gasteiger partial charge >= 0.3 is 0 Å². The summed E-state index contributed by atoms with van der Waals surface area (Å²) < 4.78 is 5.54. The maximum atomic E-state index is 5.54. The lowest BCUT2D eigenvalue weighted by molar-refractivity contribution is 0.356. The molecule has 0 fully saturated rings. The molecule has 0 atom stereocenters. The summed E-state index contributed by atoms with van der Waals surface area (Å²) in [5, 5.41) is 2.11. The van der Waals surface area contributed by atoms with E-state index in [1.807, 2.05) is 0 Å². The van der Waals surface area contributed by atoms with Crippen molar-refractivity contribution in [1.82, 2.24) is 4.90 Å². The van der Waals surface area contributed by atoms with Gasteiger partial charge in [0.05, 0.1) is 6.61 Å². The van der Waals surface area contributed by atoms with Crippen molar-refractivity contribution in [2.24, 2.45) is 0 Å². The van der Waals surface area contributed by atoms with E-state index in [0.29, 0.717) is 0 Å². The Morgan fingerprint density at radius 3 is 3.05 bits per heavy atom. The molecule has 0 amide bonds. The molecule has 2 heterocycles. The highest BCUT2D eigenvalue weighted by atomic mass is 35.5. The molecule has 0 aliphatic carbocycles. The van der Waals surface area contributed by atoms with Gasteiger partial charge in [0.15, 0.2) is 0 Å². The maximum absolute atomic E-state index is 5.54. The Labute approximate surface area is 136 Å². The molecule has 0 radical (unpaired) electrons. The molecule has 1 aromatic carbocycles. The van der Waals surface area contributed by atoms with Crippen molar-refractivity contribution in [2.75, 3.05) is 20.2 Å². The molecule has 0 spiro atoms. The van der Waals surface area contributed by atoms with Gasteiger partial charge in [-0.2, -0.15) is 0 Å². The normalized spacial score (nSPS) is 13.2. The molecule has 0 N–H and O–H groups in total. The molecule has 4 heteroatoms. The molecule has 3 rings (SSSR count). The van der Waals surface area contributed by atoms with Crippen molar-refractivity contribution < 1.29 is 4.74 Å². The predicted octanol–water partition coefficient (Wildman–Crippen LogP) is 4.25. The molecule has 0 bridgehead atoms. The number of benzene rings is 1. The van der Waals surface area contributed by atoms with E-state index < -0.39 is 0 Å². The zero-order chi connectivity index (χ0) is 13.8. The second kappa shape index (κ2) is 7.64. The van der Waals surface area contributed by atoms with Crippen LogP contribution >= 0.6 is 23.7 Å². The second-order valence-electron chi connectivity index (χ2n) is 5.16. The van der Waals surface area contributed by atoms with Gasteiger partial charge in [0.25, 0.3) is 0 Å². The summed E-state index contributed by atoms with van der Waals surface area (Å²) in [6.45, 7) is 2.77. The van der Waals surface area contributed by atoms with Gasteiger partial charge in [0, 0.05) is 24.4 Å². The highest BCUT2D eigenvalue weighted by Crippen LogP contribution is 2.26. The van der Waals surface area contributed by atoms with Gasteiger partial charge in [-0.1, -0.05) is 24.3 Å². The lowest BCUT2D eigenvalue weighted by Gasteiger charge is -2.14. The lowest BCUT2D eigenvalue weighted by Crippen LogP contribution is -2.17. The molecule has 1 aromatic heterocycles. The number of hydrogen-bond donors (Lipinski definition) is 0. The van der Waals surface area contributed by atoms with Gasteiger partial charge in [-0.15, -0.1) is 23.7 Å². The van der Waals surface area contributed by atoms with Crippen molar-refractivity contribution >= 4 is 29.8 Å². The van der Waals surface area contributed by atoms with Crippen LogP contribution < -0.4 is 4.74 Å². The Bertz CT molecular complexity index is 595. The Morgan fingerprint density at radius 2 is 2.24 bits per heavy atom. The van der Waals surface area contributed by atoms with Crippen molar-refractivity contribution in [3.05, 3.63) is 57.8 Å². The fourth-order valence-electron chi connectivity index (χ4n) is 2.45. The molecule has 2 aromatic rings. The predicted molar refractivity (Wildman–Crippen MR) is 92.6 cm³/mol. The fraction of sp³-hybridized carbons (Fsp3) is 0.294. The molecule has 0 saturated heterocycles. The van der Waals surface area contributed by atoms with Crippen LogP contribution in [0.25, 0.3) is 6.08 Å². The maximum Gasteiger partial charge on any atom is 0.122 e. The highest BCUT2D eigenvalue weighted by Gasteiger charge is 2.12. The van der Waals surface area contributed by atoms with Crippen molar-refractivity contribution in [2.45, 2.75) is 13.0 Å². The van der Waals surface area contributed by atoms with E-state index in [-0.39, 0.29) is 12.4 Å². The molecule has 1 aliphatic heterocycles. The van der Waals surface area contributed by atoms with Crippen LogP contribution in [0.5, 0.6) is 5.75 Å². The summed E-state index contributed by atoms with van der Waals surface area (Å²) in [4.78, 5) is 3.63. The minimum atomic E-state index is 0. The van der Waals surface area contributed by atoms with Gasteiger partial charge in [-0.05, 0) is 41.8 Å². The molecule has 0 saturated carbocycles. The monoisotopic (exact) mass is 321 g/mol. The summed E-state index contributed by atoms with van der Waals surface area (Å²) in [6.07, 6.45) is 5.46. The van der Waals surface area contributed by atoms with E-state index in [1.54, 1.807) is 11.3 Å². The number of ether oxygens (including phenoxy) is 1. The third-order valence-electron chi connectivity index (χ3n) is 3.45. The Kier molecular flexibility index (Phi) is 5.85. The third-order valence-corrected chi connectivity index (χ3v) is 4.29. The zero-order valence-electron chi connectivity index (χ0n) is 12.1. The standard InChI is InChI=1S/C17H19NOS.ClH/c1-18(9-2-4-16-5-3-11-20-16)13-14-6-7-17-15(12-14)8-10-19-17;/h2-7,11-12H,8-10,13H2,1H3;1H/b4-2+;. The van der Waals surface area contributed by atoms with Gasteiger partial charge in [-0.3, -0.25) is 4.90 Å². The van der Waals surface area contributed by atoms with Gasteiger partial charge in [-0.25, -0.2) is 0 Å². The van der Waals surface area contributed by atoms with Crippen LogP contribution in [0, 0.1) is 0 Å². The third kappa shape index (κ3) is 4.34. The van der Waals surface area contributed by atoms with Crippen molar-refractivity contribution in [3.63, 3.8) is 0 Å². The van der Waals surface area contributed by atoms with E-state index in [0.717, 1.165) is 31.9 Å². The fourth-order valence-corrected chi connectivity index (χ4v) is 3.10. The summed E-state index contributed by atoms with van der Waals surface area (Å²) in [5.41, 5.74) is 2.71. The van der Waals surface area contributed by atoms with Crippen LogP contribution in [0.2, 0.25) is 0 Å². The molecule has 2 nitrogen and oxygen atoms in total. The number of hydrogen-bond acceptors (Lipinski definition) is 3. The van der Waals surface area contributed by atoms with E-state index in [9.17, 15) is 0 Å². The topological polar surface area (TPSA) is 12.5 Å². The quantitative estimate of drug-likeness (QED) is 0.816. The molecule has 1 aliphatic rings. The van der Waals surface area contributed by atoms with Crippen LogP contribution in [0.3, 0.4) is 0 Å². The molecular formula is C17H20ClNOS. The van der Waals surface area contributed by atoms with Crippen molar-refractivity contribution in [3.8, 4) is 5.75 Å². The summed E-state index contributed by atoms with van der Waals surface area (Å²) in [5.74, 6) is 1.06. The van der Waals surface area contributed by atoms with E-state index in [1.165, 1.54) is 16.0 Å². The van der Waals surface area contributed by atoms with E-state index in [4.69, 9.17) is 4.74 Å². The molecule has 112 valence electrons. The second-order valence-corrected chi connectivity index (χ2v) is 6.13. The number of likely N-dealkylation sites (N-methyl/N-ethyl adjacent to an activating group) is 1. The zero-order valence-corrected chi connectivity index (χ0v) is 13.8. The smallest absolute Gasteiger partial charge is 0.122 e. The summed E-state index contributed by atoms with van der Waals surface area (Å²) in [7, 11) is 2.16. The minimum Gasteiger partial charge on any atom is -0.493 e. The summed E-state index contributed by atoms with van der Waals surface area (Å²) in [6, 6.07) is 10.8. The van der Waals surface area contributed by atoms with E-state index in [2.05, 4.69) is 59.8 Å². The number of halogens is 1. The van der Waals surface area contributed by atoms with Gasteiger partial charge in [0.2, 0.25) is 0 Å². The average Bonchev–Trinajstić information content (AvgIpc) is 3.08. The first-order chi connectivity index (χ1) is 9.81. The number of thiophene rings is 1. The molecular weight excluding hydrogens is 302 g/mol. The molecule has 0 unspecified atom stereocenters. The van der Waals surface area contributed by atoms with Crippen LogP contribution in [0.15, 0.2) is 41.8 Å². The summed E-state index contributed by atoms with van der Waals surface area (Å²) >= 11 is 1.77.